The number of hydrogen-bond acceptors (Lipinski definition) is 2. The van der Waals surface area contributed by atoms with Gasteiger partial charge in [0.25, 0.3) is 0 Å². The van der Waals surface area contributed by atoms with Crippen molar-refractivity contribution in [3.63, 3.8) is 0 Å². The maximum absolute atomic E-state index is 6.35. The predicted molar refractivity (Wildman–Crippen MR) is 104 cm³/mol. The molecule has 1 aromatic carbocycles. The Bertz CT molecular complexity index is 679. The van der Waals surface area contributed by atoms with Gasteiger partial charge in [0.05, 0.1) is 22.9 Å². The van der Waals surface area contributed by atoms with Gasteiger partial charge in [-0.3, -0.25) is 4.98 Å². The van der Waals surface area contributed by atoms with Crippen LogP contribution in [-0.2, 0) is 6.54 Å². The molecule has 1 fully saturated rings. The van der Waals surface area contributed by atoms with Crippen molar-refractivity contribution in [3.8, 4) is 0 Å². The van der Waals surface area contributed by atoms with Gasteiger partial charge in [-0.2, -0.15) is 0 Å². The summed E-state index contributed by atoms with van der Waals surface area (Å²) in [6, 6.07) is 12.3. The number of aryl methyl sites for hydroxylation is 1. The van der Waals surface area contributed by atoms with E-state index >= 15 is 0 Å². The van der Waals surface area contributed by atoms with E-state index in [0.29, 0.717) is 11.1 Å². The van der Waals surface area contributed by atoms with Crippen LogP contribution in [0.1, 0.15) is 36.9 Å². The van der Waals surface area contributed by atoms with Crippen LogP contribution in [0.3, 0.4) is 0 Å². The highest BCUT2D eigenvalue weighted by Gasteiger charge is 2.25. The number of nitrogens with zero attached hydrogens (tertiary/aromatic N) is 2. The molecule has 0 aliphatic heterocycles. The highest BCUT2D eigenvalue weighted by Crippen LogP contribution is 2.29. The summed E-state index contributed by atoms with van der Waals surface area (Å²) < 4.78 is 0. The molecule has 0 unspecified atom stereocenters. The van der Waals surface area contributed by atoms with E-state index in [9.17, 15) is 0 Å². The molecule has 0 atom stereocenters. The molecule has 5 heteroatoms. The van der Waals surface area contributed by atoms with Gasteiger partial charge in [0, 0.05) is 12.2 Å². The summed E-state index contributed by atoms with van der Waals surface area (Å²) >= 11 is 12.1. The second kappa shape index (κ2) is 7.95. The van der Waals surface area contributed by atoms with Gasteiger partial charge in [-0.1, -0.05) is 42.6 Å². The third-order valence-electron chi connectivity index (χ3n) is 4.54. The van der Waals surface area contributed by atoms with Gasteiger partial charge in [0.2, 0.25) is 0 Å². The van der Waals surface area contributed by atoms with Crippen molar-refractivity contribution < 1.29 is 0 Å². The zero-order valence-corrected chi connectivity index (χ0v) is 15.4. The number of nitrogens with one attached hydrogen (secondary N) is 1. The minimum atomic E-state index is 0.467. The van der Waals surface area contributed by atoms with E-state index in [4.69, 9.17) is 23.8 Å². The largest absolute Gasteiger partial charge is 0.340 e. The van der Waals surface area contributed by atoms with Gasteiger partial charge in [-0.05, 0) is 55.7 Å². The number of aromatic nitrogens is 1. The summed E-state index contributed by atoms with van der Waals surface area (Å²) in [5.41, 5.74) is 3.02. The van der Waals surface area contributed by atoms with E-state index in [-0.39, 0.29) is 0 Å². The number of hydrogen-bond donors (Lipinski definition) is 1. The SMILES string of the molecule is Cc1cccc(Cl)c1NC(=S)N(Cc1ccccn1)C1CCCC1. The quantitative estimate of drug-likeness (QED) is 0.761. The Balaban J connectivity index is 1.80. The number of thiocarbonyl (C=S) groups is 1. The van der Waals surface area contributed by atoms with Crippen LogP contribution in [0.4, 0.5) is 5.69 Å². The van der Waals surface area contributed by atoms with Gasteiger partial charge < -0.3 is 10.2 Å². The molecule has 3 nitrogen and oxygen atoms in total. The van der Waals surface area contributed by atoms with Crippen molar-refractivity contribution in [2.45, 2.75) is 45.2 Å². The Morgan fingerprint density at radius 1 is 1.25 bits per heavy atom. The van der Waals surface area contributed by atoms with E-state index in [0.717, 1.165) is 28.6 Å². The first-order valence-corrected chi connectivity index (χ1v) is 9.16. The topological polar surface area (TPSA) is 28.2 Å². The third kappa shape index (κ3) is 4.05. The van der Waals surface area contributed by atoms with Crippen LogP contribution >= 0.6 is 23.8 Å². The van der Waals surface area contributed by atoms with Crippen molar-refractivity contribution in [1.29, 1.82) is 0 Å². The third-order valence-corrected chi connectivity index (χ3v) is 5.19. The van der Waals surface area contributed by atoms with Crippen LogP contribution in [-0.4, -0.2) is 21.0 Å². The number of pyridine rings is 1. The Labute approximate surface area is 154 Å². The lowest BCUT2D eigenvalue weighted by molar-refractivity contribution is 0.309. The molecule has 1 aromatic heterocycles. The maximum atomic E-state index is 6.35. The Morgan fingerprint density at radius 3 is 2.71 bits per heavy atom. The molecule has 1 aliphatic rings. The monoisotopic (exact) mass is 359 g/mol. The molecule has 24 heavy (non-hydrogen) atoms. The van der Waals surface area contributed by atoms with Gasteiger partial charge in [-0.15, -0.1) is 0 Å². The minimum Gasteiger partial charge on any atom is -0.340 e. The average Bonchev–Trinajstić information content (AvgIpc) is 3.11. The number of rotatable bonds is 4. The van der Waals surface area contributed by atoms with Crippen LogP contribution in [0, 0.1) is 6.92 Å². The normalized spacial score (nSPS) is 14.6. The van der Waals surface area contributed by atoms with Gasteiger partial charge in [0.1, 0.15) is 0 Å². The zero-order chi connectivity index (χ0) is 16.9. The molecule has 0 spiro atoms. The summed E-state index contributed by atoms with van der Waals surface area (Å²) in [6.07, 6.45) is 6.71. The molecule has 0 saturated heterocycles. The average molecular weight is 360 g/mol. The molecular weight excluding hydrogens is 338 g/mol. The second-order valence-corrected chi connectivity index (χ2v) is 7.04. The Kier molecular flexibility index (Phi) is 5.69. The summed E-state index contributed by atoms with van der Waals surface area (Å²) in [5, 5.41) is 4.79. The van der Waals surface area contributed by atoms with Crippen LogP contribution < -0.4 is 5.32 Å². The number of benzene rings is 1. The zero-order valence-electron chi connectivity index (χ0n) is 13.8. The van der Waals surface area contributed by atoms with E-state index in [1.165, 1.54) is 25.7 Å². The van der Waals surface area contributed by atoms with Crippen LogP contribution in [0.2, 0.25) is 5.02 Å². The molecule has 0 radical (unpaired) electrons. The molecule has 1 saturated carbocycles. The number of para-hydroxylation sites is 1. The Morgan fingerprint density at radius 2 is 2.04 bits per heavy atom. The van der Waals surface area contributed by atoms with Crippen molar-refractivity contribution in [2.24, 2.45) is 0 Å². The van der Waals surface area contributed by atoms with Crippen molar-refractivity contribution in [3.05, 3.63) is 58.9 Å². The molecule has 3 rings (SSSR count). The summed E-state index contributed by atoms with van der Waals surface area (Å²) in [6.45, 7) is 2.76. The second-order valence-electron chi connectivity index (χ2n) is 6.25. The van der Waals surface area contributed by atoms with E-state index < -0.39 is 0 Å². The first-order chi connectivity index (χ1) is 11.6. The van der Waals surface area contributed by atoms with Crippen LogP contribution in [0.15, 0.2) is 42.6 Å². The number of anilines is 1. The fraction of sp³-hybridized carbons (Fsp3) is 0.368. The molecule has 0 amide bonds. The standard InChI is InChI=1S/C19H22ClN3S/c1-14-7-6-11-17(20)18(14)22-19(24)23(16-9-2-3-10-16)13-15-8-4-5-12-21-15/h4-8,11-12,16H,2-3,9-10,13H2,1H3,(H,22,24). The fourth-order valence-corrected chi connectivity index (χ4v) is 3.80. The molecule has 0 bridgehead atoms. The van der Waals surface area contributed by atoms with Gasteiger partial charge in [0.15, 0.2) is 5.11 Å². The molecular formula is C19H22ClN3S. The highest BCUT2D eigenvalue weighted by molar-refractivity contribution is 7.80. The minimum absolute atomic E-state index is 0.467. The van der Waals surface area contributed by atoms with Crippen LogP contribution in [0.5, 0.6) is 0 Å². The lowest BCUT2D eigenvalue weighted by Crippen LogP contribution is -2.41. The van der Waals surface area contributed by atoms with Crippen LogP contribution in [0.25, 0.3) is 0 Å². The molecule has 126 valence electrons. The molecule has 2 aromatic rings. The highest BCUT2D eigenvalue weighted by atomic mass is 35.5. The first kappa shape index (κ1) is 17.2. The van der Waals surface area contributed by atoms with E-state index in [1.54, 1.807) is 0 Å². The lowest BCUT2D eigenvalue weighted by Gasteiger charge is -2.32. The first-order valence-electron chi connectivity index (χ1n) is 8.38. The van der Waals surface area contributed by atoms with E-state index in [1.807, 2.05) is 49.5 Å². The van der Waals surface area contributed by atoms with Gasteiger partial charge >= 0.3 is 0 Å². The summed E-state index contributed by atoms with van der Waals surface area (Å²) in [4.78, 5) is 6.73. The van der Waals surface area contributed by atoms with Crippen molar-refractivity contribution >= 4 is 34.6 Å². The smallest absolute Gasteiger partial charge is 0.174 e. The van der Waals surface area contributed by atoms with Crippen molar-refractivity contribution in [1.82, 2.24) is 9.88 Å². The molecule has 1 aliphatic carbocycles. The molecule has 1 N–H and O–H groups in total. The Hall–Kier alpha value is -1.65. The number of halogens is 1. The maximum Gasteiger partial charge on any atom is 0.174 e. The predicted octanol–water partition coefficient (Wildman–Crippen LogP) is 5.19. The summed E-state index contributed by atoms with van der Waals surface area (Å²) in [7, 11) is 0. The fourth-order valence-electron chi connectivity index (χ4n) is 3.22. The lowest BCUT2D eigenvalue weighted by atomic mass is 10.2. The van der Waals surface area contributed by atoms with Crippen molar-refractivity contribution in [2.75, 3.05) is 5.32 Å². The van der Waals surface area contributed by atoms with E-state index in [2.05, 4.69) is 15.2 Å². The summed E-state index contributed by atoms with van der Waals surface area (Å²) in [5.74, 6) is 0. The van der Waals surface area contributed by atoms with Gasteiger partial charge in [-0.25, -0.2) is 0 Å². The molecule has 1 heterocycles.